The van der Waals surface area contributed by atoms with Crippen molar-refractivity contribution in [1.29, 1.82) is 0 Å². The third-order valence-electron chi connectivity index (χ3n) is 3.42. The van der Waals surface area contributed by atoms with Gasteiger partial charge < -0.3 is 10.4 Å². The largest absolute Gasteiger partial charge is 0.392 e. The zero-order chi connectivity index (χ0) is 14.4. The van der Waals surface area contributed by atoms with Crippen molar-refractivity contribution in [3.05, 3.63) is 66.0 Å². The maximum Gasteiger partial charge on any atom is 0.0752 e. The molecule has 3 nitrogen and oxygen atoms in total. The molecular formula is C17H22N2O. The highest BCUT2D eigenvalue weighted by Gasteiger charge is 2.17. The first kappa shape index (κ1) is 14.7. The van der Waals surface area contributed by atoms with Gasteiger partial charge in [-0.05, 0) is 23.6 Å². The van der Waals surface area contributed by atoms with Crippen molar-refractivity contribution in [1.82, 2.24) is 10.3 Å². The fourth-order valence-corrected chi connectivity index (χ4v) is 2.06. The molecule has 1 aromatic carbocycles. The molecule has 20 heavy (non-hydrogen) atoms. The summed E-state index contributed by atoms with van der Waals surface area (Å²) < 4.78 is 0. The predicted octanol–water partition coefficient (Wildman–Crippen LogP) is 2.78. The van der Waals surface area contributed by atoms with Gasteiger partial charge in [0, 0.05) is 12.7 Å². The summed E-state index contributed by atoms with van der Waals surface area (Å²) in [5.74, 6) is 0.239. The third-order valence-corrected chi connectivity index (χ3v) is 3.42. The summed E-state index contributed by atoms with van der Waals surface area (Å²) in [6.45, 7) is 4.59. The first-order chi connectivity index (χ1) is 9.68. The van der Waals surface area contributed by atoms with Gasteiger partial charge in [0.25, 0.3) is 0 Å². The summed E-state index contributed by atoms with van der Waals surface area (Å²) >= 11 is 0. The first-order valence-electron chi connectivity index (χ1n) is 7.06. The lowest BCUT2D eigenvalue weighted by Crippen LogP contribution is -2.34. The van der Waals surface area contributed by atoms with E-state index in [2.05, 4.69) is 22.4 Å². The summed E-state index contributed by atoms with van der Waals surface area (Å²) in [5.41, 5.74) is 2.12. The molecule has 2 unspecified atom stereocenters. The van der Waals surface area contributed by atoms with Crippen molar-refractivity contribution >= 4 is 0 Å². The Morgan fingerprint density at radius 1 is 1.05 bits per heavy atom. The fourth-order valence-electron chi connectivity index (χ4n) is 2.06. The Hall–Kier alpha value is -1.71. The lowest BCUT2D eigenvalue weighted by atomic mass is 10.0. The van der Waals surface area contributed by atoms with Crippen LogP contribution in [0.15, 0.2) is 54.7 Å². The van der Waals surface area contributed by atoms with Gasteiger partial charge in [-0.2, -0.15) is 0 Å². The Morgan fingerprint density at radius 2 is 1.75 bits per heavy atom. The summed E-state index contributed by atoms with van der Waals surface area (Å²) in [5, 5.41) is 13.4. The molecule has 2 aromatic rings. The molecule has 0 fully saturated rings. The molecule has 1 heterocycles. The van der Waals surface area contributed by atoms with Crippen molar-refractivity contribution < 1.29 is 5.11 Å². The number of nitrogens with zero attached hydrogens (tertiary/aromatic N) is 1. The van der Waals surface area contributed by atoms with Gasteiger partial charge in [0.1, 0.15) is 0 Å². The summed E-state index contributed by atoms with van der Waals surface area (Å²) in [4.78, 5) is 4.43. The highest BCUT2D eigenvalue weighted by Crippen LogP contribution is 2.20. The van der Waals surface area contributed by atoms with Crippen molar-refractivity contribution in [3.8, 4) is 0 Å². The molecule has 0 radical (unpaired) electrons. The molecule has 2 N–H and O–H groups in total. The van der Waals surface area contributed by atoms with E-state index in [0.717, 1.165) is 11.3 Å². The Bertz CT molecular complexity index is 459. The summed E-state index contributed by atoms with van der Waals surface area (Å²) in [6.07, 6.45) is 1.44. The topological polar surface area (TPSA) is 45.1 Å². The number of nitrogens with one attached hydrogen (secondary N) is 1. The van der Waals surface area contributed by atoms with Crippen molar-refractivity contribution in [2.45, 2.75) is 26.0 Å². The Balaban J connectivity index is 2.17. The van der Waals surface area contributed by atoms with E-state index >= 15 is 0 Å². The van der Waals surface area contributed by atoms with Crippen LogP contribution in [0.5, 0.6) is 0 Å². The average molecular weight is 270 g/mol. The van der Waals surface area contributed by atoms with Crippen LogP contribution in [-0.2, 0) is 0 Å². The van der Waals surface area contributed by atoms with Crippen molar-refractivity contribution in [2.75, 3.05) is 6.54 Å². The van der Waals surface area contributed by atoms with Crippen LogP contribution in [0.25, 0.3) is 0 Å². The lowest BCUT2D eigenvalue weighted by Gasteiger charge is -2.22. The minimum atomic E-state index is -0.357. The number of aliphatic hydroxyl groups excluding tert-OH is 1. The zero-order valence-electron chi connectivity index (χ0n) is 12.0. The number of aliphatic hydroxyl groups is 1. The van der Waals surface area contributed by atoms with Gasteiger partial charge in [-0.3, -0.25) is 4.98 Å². The van der Waals surface area contributed by atoms with E-state index in [-0.39, 0.29) is 18.1 Å². The van der Waals surface area contributed by atoms with Crippen LogP contribution >= 0.6 is 0 Å². The molecule has 3 heteroatoms. The maximum atomic E-state index is 9.99. The van der Waals surface area contributed by atoms with E-state index < -0.39 is 0 Å². The second kappa shape index (κ2) is 7.17. The number of aromatic nitrogens is 1. The zero-order valence-corrected chi connectivity index (χ0v) is 12.0. The standard InChI is InChI=1S/C17H22N2O/c1-13(2)16(20)12-19-17(14-8-4-3-5-9-14)15-10-6-7-11-18-15/h3-11,13,16-17,19-20H,12H2,1-2H3. The molecule has 0 amide bonds. The van der Waals surface area contributed by atoms with Crippen LogP contribution in [0.2, 0.25) is 0 Å². The molecular weight excluding hydrogens is 248 g/mol. The monoisotopic (exact) mass is 270 g/mol. The number of pyridine rings is 1. The fraction of sp³-hybridized carbons (Fsp3) is 0.353. The molecule has 2 atom stereocenters. The van der Waals surface area contributed by atoms with E-state index in [1.165, 1.54) is 0 Å². The van der Waals surface area contributed by atoms with Gasteiger partial charge in [0.15, 0.2) is 0 Å². The minimum absolute atomic E-state index is 0.00537. The number of rotatable bonds is 6. The van der Waals surface area contributed by atoms with Crippen LogP contribution in [-0.4, -0.2) is 22.7 Å². The van der Waals surface area contributed by atoms with Crippen LogP contribution in [0.1, 0.15) is 31.1 Å². The highest BCUT2D eigenvalue weighted by molar-refractivity contribution is 5.27. The van der Waals surface area contributed by atoms with Crippen molar-refractivity contribution in [2.24, 2.45) is 5.92 Å². The van der Waals surface area contributed by atoms with E-state index in [4.69, 9.17) is 0 Å². The number of benzene rings is 1. The highest BCUT2D eigenvalue weighted by atomic mass is 16.3. The molecule has 0 aliphatic carbocycles. The first-order valence-corrected chi connectivity index (χ1v) is 7.06. The Labute approximate surface area is 120 Å². The van der Waals surface area contributed by atoms with E-state index in [0.29, 0.717) is 6.54 Å². The van der Waals surface area contributed by atoms with Gasteiger partial charge in [-0.25, -0.2) is 0 Å². The molecule has 0 saturated carbocycles. The SMILES string of the molecule is CC(C)C(O)CNC(c1ccccc1)c1ccccn1. The second-order valence-corrected chi connectivity index (χ2v) is 5.32. The van der Waals surface area contributed by atoms with Gasteiger partial charge in [0.05, 0.1) is 17.8 Å². The minimum Gasteiger partial charge on any atom is -0.392 e. The van der Waals surface area contributed by atoms with E-state index in [9.17, 15) is 5.11 Å². The second-order valence-electron chi connectivity index (χ2n) is 5.32. The number of hydrogen-bond acceptors (Lipinski definition) is 3. The summed E-state index contributed by atoms with van der Waals surface area (Å²) in [7, 11) is 0. The molecule has 0 aliphatic rings. The maximum absolute atomic E-state index is 9.99. The molecule has 1 aromatic heterocycles. The molecule has 2 rings (SSSR count). The van der Waals surface area contributed by atoms with Crippen LogP contribution in [0.4, 0.5) is 0 Å². The van der Waals surface area contributed by atoms with E-state index in [1.54, 1.807) is 6.20 Å². The third kappa shape index (κ3) is 3.89. The van der Waals surface area contributed by atoms with Gasteiger partial charge in [-0.15, -0.1) is 0 Å². The summed E-state index contributed by atoms with van der Waals surface area (Å²) in [6, 6.07) is 16.1. The lowest BCUT2D eigenvalue weighted by molar-refractivity contribution is 0.121. The quantitative estimate of drug-likeness (QED) is 0.848. The van der Waals surface area contributed by atoms with E-state index in [1.807, 2.05) is 50.2 Å². The molecule has 0 aliphatic heterocycles. The smallest absolute Gasteiger partial charge is 0.0752 e. The molecule has 0 saturated heterocycles. The predicted molar refractivity (Wildman–Crippen MR) is 81.4 cm³/mol. The van der Waals surface area contributed by atoms with Crippen LogP contribution in [0, 0.1) is 5.92 Å². The van der Waals surface area contributed by atoms with Gasteiger partial charge in [0.2, 0.25) is 0 Å². The molecule has 0 spiro atoms. The van der Waals surface area contributed by atoms with Crippen LogP contribution in [0.3, 0.4) is 0 Å². The van der Waals surface area contributed by atoms with Gasteiger partial charge in [-0.1, -0.05) is 50.2 Å². The average Bonchev–Trinajstić information content (AvgIpc) is 2.49. The Kier molecular flexibility index (Phi) is 5.27. The molecule has 0 bridgehead atoms. The Morgan fingerprint density at radius 3 is 2.35 bits per heavy atom. The normalized spacial score (nSPS) is 14.2. The number of hydrogen-bond donors (Lipinski definition) is 2. The van der Waals surface area contributed by atoms with Crippen molar-refractivity contribution in [3.63, 3.8) is 0 Å². The molecule has 106 valence electrons. The van der Waals surface area contributed by atoms with Gasteiger partial charge >= 0.3 is 0 Å². The van der Waals surface area contributed by atoms with Crippen LogP contribution < -0.4 is 5.32 Å².